The fourth-order valence-corrected chi connectivity index (χ4v) is 4.04. The monoisotopic (exact) mass is 345 g/mol. The van der Waals surface area contributed by atoms with Gasteiger partial charge in [-0.25, -0.2) is 0 Å². The predicted octanol–water partition coefficient (Wildman–Crippen LogP) is 4.28. The lowest BCUT2D eigenvalue weighted by Gasteiger charge is -2.22. The van der Waals surface area contributed by atoms with Crippen LogP contribution in [0.1, 0.15) is 18.9 Å². The second kappa shape index (κ2) is 6.02. The second-order valence-electron chi connectivity index (χ2n) is 5.82. The van der Waals surface area contributed by atoms with Crippen molar-refractivity contribution in [2.24, 2.45) is 0 Å². The first-order valence-corrected chi connectivity index (χ1v) is 8.45. The number of halogens is 1. The van der Waals surface area contributed by atoms with Crippen molar-refractivity contribution in [2.45, 2.75) is 23.7 Å². The Kier molecular flexibility index (Phi) is 4.21. The number of thioether (sulfide) groups is 1. The zero-order chi connectivity index (χ0) is 16.6. The maximum Gasteiger partial charge on any atom is 0.237 e. The fraction of sp³-hybridized carbons (Fsp3) is 0.222. The Bertz CT molecular complexity index is 778. The number of benzene rings is 2. The van der Waals surface area contributed by atoms with Gasteiger partial charge < -0.3 is 4.90 Å². The summed E-state index contributed by atoms with van der Waals surface area (Å²) in [4.78, 5) is 27.7. The zero-order valence-electron chi connectivity index (χ0n) is 12.9. The van der Waals surface area contributed by atoms with Crippen molar-refractivity contribution in [1.82, 2.24) is 0 Å². The lowest BCUT2D eigenvalue weighted by Crippen LogP contribution is -2.37. The molecule has 2 aromatic carbocycles. The van der Waals surface area contributed by atoms with E-state index in [0.717, 1.165) is 16.1 Å². The highest BCUT2D eigenvalue weighted by Crippen LogP contribution is 2.45. The van der Waals surface area contributed by atoms with Crippen LogP contribution in [-0.2, 0) is 15.0 Å². The maximum atomic E-state index is 12.7. The number of carbonyl (C=O) groups excluding carboxylic acids is 2. The molecule has 1 heterocycles. The average molecular weight is 346 g/mol. The van der Waals surface area contributed by atoms with Crippen molar-refractivity contribution < 1.29 is 9.59 Å². The van der Waals surface area contributed by atoms with Crippen LogP contribution in [0.2, 0.25) is 5.02 Å². The Hall–Kier alpha value is -1.78. The molecule has 1 amide bonds. The van der Waals surface area contributed by atoms with Gasteiger partial charge in [0, 0.05) is 29.1 Å². The van der Waals surface area contributed by atoms with Crippen LogP contribution in [0.3, 0.4) is 0 Å². The van der Waals surface area contributed by atoms with E-state index in [-0.39, 0.29) is 17.4 Å². The first kappa shape index (κ1) is 16.1. The summed E-state index contributed by atoms with van der Waals surface area (Å²) in [7, 11) is 1.73. The molecule has 1 aliphatic rings. The van der Waals surface area contributed by atoms with E-state index in [1.54, 1.807) is 24.1 Å². The van der Waals surface area contributed by atoms with Crippen LogP contribution in [0.15, 0.2) is 53.4 Å². The van der Waals surface area contributed by atoms with Crippen LogP contribution in [0.5, 0.6) is 0 Å². The number of carbonyl (C=O) groups is 2. The van der Waals surface area contributed by atoms with E-state index in [9.17, 15) is 9.59 Å². The number of hydrogen-bond donors (Lipinski definition) is 0. The molecular formula is C18H16ClNO2S. The molecule has 118 valence electrons. The molecular weight excluding hydrogens is 330 g/mol. The maximum absolute atomic E-state index is 12.7. The Labute approximate surface area is 144 Å². The van der Waals surface area contributed by atoms with Crippen LogP contribution >= 0.6 is 23.4 Å². The van der Waals surface area contributed by atoms with E-state index in [0.29, 0.717) is 5.02 Å². The molecule has 1 aliphatic heterocycles. The minimum atomic E-state index is -0.867. The highest BCUT2D eigenvalue weighted by atomic mass is 35.5. The van der Waals surface area contributed by atoms with Crippen LogP contribution in [0.25, 0.3) is 0 Å². The molecule has 0 aliphatic carbocycles. The SMILES string of the molecule is CN1C(=O)[C@@](C)(CC(=O)Sc2ccccc2)c2cc(Cl)ccc21. The summed E-state index contributed by atoms with van der Waals surface area (Å²) in [5.41, 5.74) is 0.771. The van der Waals surface area contributed by atoms with Gasteiger partial charge in [0.2, 0.25) is 5.91 Å². The van der Waals surface area contributed by atoms with E-state index in [4.69, 9.17) is 11.6 Å². The third kappa shape index (κ3) is 2.89. The Balaban J connectivity index is 1.88. The third-order valence-corrected chi connectivity index (χ3v) is 5.28. The first-order valence-electron chi connectivity index (χ1n) is 7.26. The van der Waals surface area contributed by atoms with E-state index in [2.05, 4.69) is 0 Å². The molecule has 0 saturated heterocycles. The van der Waals surface area contributed by atoms with Crippen molar-refractivity contribution in [1.29, 1.82) is 0 Å². The number of nitrogens with zero attached hydrogens (tertiary/aromatic N) is 1. The molecule has 1 atom stereocenters. The number of rotatable bonds is 3. The molecule has 0 spiro atoms. The lowest BCUT2D eigenvalue weighted by molar-refractivity contribution is -0.125. The van der Waals surface area contributed by atoms with Crippen LogP contribution in [0.4, 0.5) is 5.69 Å². The normalized spacial score (nSPS) is 19.8. The first-order chi connectivity index (χ1) is 10.9. The van der Waals surface area contributed by atoms with Gasteiger partial charge in [-0.15, -0.1) is 0 Å². The van der Waals surface area contributed by atoms with Gasteiger partial charge in [0.05, 0.1) is 5.41 Å². The van der Waals surface area contributed by atoms with Crippen molar-refractivity contribution in [3.8, 4) is 0 Å². The Morgan fingerprint density at radius 3 is 2.61 bits per heavy atom. The number of hydrogen-bond acceptors (Lipinski definition) is 3. The molecule has 3 rings (SSSR count). The van der Waals surface area contributed by atoms with Crippen LogP contribution < -0.4 is 4.90 Å². The van der Waals surface area contributed by atoms with Gasteiger partial charge in [-0.2, -0.15) is 0 Å². The molecule has 0 N–H and O–H groups in total. The van der Waals surface area contributed by atoms with E-state index in [1.807, 2.05) is 43.3 Å². The number of fused-ring (bicyclic) bond motifs is 1. The molecule has 23 heavy (non-hydrogen) atoms. The highest BCUT2D eigenvalue weighted by molar-refractivity contribution is 8.13. The van der Waals surface area contributed by atoms with E-state index in [1.165, 1.54) is 11.8 Å². The smallest absolute Gasteiger partial charge is 0.237 e. The highest BCUT2D eigenvalue weighted by Gasteiger charge is 2.47. The van der Waals surface area contributed by atoms with Gasteiger partial charge >= 0.3 is 0 Å². The zero-order valence-corrected chi connectivity index (χ0v) is 14.4. The van der Waals surface area contributed by atoms with Crippen molar-refractivity contribution in [2.75, 3.05) is 11.9 Å². The summed E-state index contributed by atoms with van der Waals surface area (Å²) < 4.78 is 0. The van der Waals surface area contributed by atoms with E-state index < -0.39 is 5.41 Å². The molecule has 0 saturated carbocycles. The minimum absolute atomic E-state index is 0.0340. The van der Waals surface area contributed by atoms with Crippen LogP contribution in [0, 0.1) is 0 Å². The average Bonchev–Trinajstić information content (AvgIpc) is 2.70. The number of likely N-dealkylation sites (N-methyl/N-ethyl adjacent to an activating group) is 1. The molecule has 0 aromatic heterocycles. The summed E-state index contributed by atoms with van der Waals surface area (Å²) in [5.74, 6) is -0.0724. The summed E-state index contributed by atoms with van der Waals surface area (Å²) in [5, 5.41) is 0.537. The summed E-state index contributed by atoms with van der Waals surface area (Å²) in [6.45, 7) is 1.82. The standard InChI is InChI=1S/C18H16ClNO2S/c1-18(11-16(21)23-13-6-4-3-5-7-13)14-10-12(19)8-9-15(14)20(2)17(18)22/h3-10H,11H2,1-2H3/t18-/m0/s1. The molecule has 0 unspecified atom stereocenters. The van der Waals surface area contributed by atoms with Crippen molar-refractivity contribution in [3.05, 3.63) is 59.1 Å². The number of amides is 1. The topological polar surface area (TPSA) is 37.4 Å². The predicted molar refractivity (Wildman–Crippen MR) is 94.1 cm³/mol. The number of anilines is 1. The minimum Gasteiger partial charge on any atom is -0.314 e. The Morgan fingerprint density at radius 1 is 1.22 bits per heavy atom. The summed E-state index contributed by atoms with van der Waals surface area (Å²) in [6, 6.07) is 14.8. The second-order valence-corrected chi connectivity index (χ2v) is 7.39. The van der Waals surface area contributed by atoms with Gasteiger partial charge in [0.1, 0.15) is 0 Å². The molecule has 0 fully saturated rings. The Morgan fingerprint density at radius 2 is 1.91 bits per heavy atom. The van der Waals surface area contributed by atoms with E-state index >= 15 is 0 Å². The quantitative estimate of drug-likeness (QED) is 0.779. The molecule has 3 nitrogen and oxygen atoms in total. The molecule has 0 radical (unpaired) electrons. The van der Waals surface area contributed by atoms with Gasteiger partial charge in [-0.1, -0.05) is 41.6 Å². The fourth-order valence-electron chi connectivity index (χ4n) is 2.95. The summed E-state index contributed by atoms with van der Waals surface area (Å²) in [6.07, 6.45) is 0.142. The van der Waals surface area contributed by atoms with Gasteiger partial charge in [-0.3, -0.25) is 9.59 Å². The van der Waals surface area contributed by atoms with Crippen LogP contribution in [-0.4, -0.2) is 18.1 Å². The van der Waals surface area contributed by atoms with Gasteiger partial charge in [-0.05, 0) is 42.8 Å². The third-order valence-electron chi connectivity index (χ3n) is 4.16. The largest absolute Gasteiger partial charge is 0.314 e. The van der Waals surface area contributed by atoms with Crippen molar-refractivity contribution >= 4 is 40.1 Å². The molecule has 5 heteroatoms. The van der Waals surface area contributed by atoms with Crippen molar-refractivity contribution in [3.63, 3.8) is 0 Å². The molecule has 2 aromatic rings. The van der Waals surface area contributed by atoms with Gasteiger partial charge in [0.25, 0.3) is 0 Å². The summed E-state index contributed by atoms with van der Waals surface area (Å²) >= 11 is 7.26. The molecule has 0 bridgehead atoms. The lowest BCUT2D eigenvalue weighted by atomic mass is 9.81. The van der Waals surface area contributed by atoms with Gasteiger partial charge in [0.15, 0.2) is 5.12 Å².